The second kappa shape index (κ2) is 5.56. The van der Waals surface area contributed by atoms with Crippen LogP contribution in [0.25, 0.3) is 0 Å². The van der Waals surface area contributed by atoms with Gasteiger partial charge in [0, 0.05) is 10.9 Å². The molecule has 0 heterocycles. The number of benzene rings is 1. The zero-order chi connectivity index (χ0) is 13.1. The molecule has 1 atom stereocenters. The highest BCUT2D eigenvalue weighted by Gasteiger charge is 2.33. The molecule has 4 heteroatoms. The van der Waals surface area contributed by atoms with Crippen molar-refractivity contribution in [3.05, 3.63) is 29.8 Å². The average Bonchev–Trinajstić information content (AvgIpc) is 2.28. The summed E-state index contributed by atoms with van der Waals surface area (Å²) in [6.07, 6.45) is 2.02. The Morgan fingerprint density at radius 3 is 2.24 bits per heavy atom. The molecule has 94 valence electrons. The summed E-state index contributed by atoms with van der Waals surface area (Å²) in [5.74, 6) is -0.358. The van der Waals surface area contributed by atoms with Crippen LogP contribution in [-0.2, 0) is 10.3 Å². The van der Waals surface area contributed by atoms with Gasteiger partial charge in [0.15, 0.2) is 0 Å². The highest BCUT2D eigenvalue weighted by molar-refractivity contribution is 7.98. The molecule has 0 saturated heterocycles. The van der Waals surface area contributed by atoms with Gasteiger partial charge in [-0.05, 0) is 44.7 Å². The Labute approximate surface area is 107 Å². The first-order valence-corrected chi connectivity index (χ1v) is 6.84. The lowest BCUT2D eigenvalue weighted by molar-refractivity contribution is -0.124. The van der Waals surface area contributed by atoms with Gasteiger partial charge in [0.05, 0.1) is 0 Å². The fourth-order valence-corrected chi connectivity index (χ4v) is 2.21. The molecule has 0 aliphatic carbocycles. The number of thioether (sulfide) groups is 1. The molecule has 1 amide bonds. The molecule has 3 N–H and O–H groups in total. The molecule has 0 aliphatic rings. The van der Waals surface area contributed by atoms with Gasteiger partial charge in [0.25, 0.3) is 0 Å². The molecule has 0 bridgehead atoms. The maximum atomic E-state index is 11.7. The van der Waals surface area contributed by atoms with E-state index in [1.807, 2.05) is 51.3 Å². The smallest absolute Gasteiger partial charge is 0.242 e. The Bertz CT molecular complexity index is 389. The summed E-state index contributed by atoms with van der Waals surface area (Å²) < 4.78 is 0. The molecule has 0 radical (unpaired) electrons. The maximum Gasteiger partial charge on any atom is 0.242 e. The molecule has 0 aliphatic heterocycles. The van der Waals surface area contributed by atoms with E-state index in [2.05, 4.69) is 5.32 Å². The molecule has 1 unspecified atom stereocenters. The van der Waals surface area contributed by atoms with E-state index in [0.717, 1.165) is 5.56 Å². The van der Waals surface area contributed by atoms with E-state index in [1.165, 1.54) is 4.90 Å². The minimum atomic E-state index is -0.814. The van der Waals surface area contributed by atoms with Crippen LogP contribution in [0.1, 0.15) is 26.3 Å². The number of nitrogens with one attached hydrogen (secondary N) is 1. The lowest BCUT2D eigenvalue weighted by atomic mass is 9.90. The van der Waals surface area contributed by atoms with Crippen molar-refractivity contribution in [3.63, 3.8) is 0 Å². The lowest BCUT2D eigenvalue weighted by Crippen LogP contribution is -2.52. The normalized spacial score (nSPS) is 14.6. The van der Waals surface area contributed by atoms with Gasteiger partial charge in [-0.15, -0.1) is 11.8 Å². The van der Waals surface area contributed by atoms with Crippen LogP contribution >= 0.6 is 11.8 Å². The van der Waals surface area contributed by atoms with Crippen LogP contribution in [0, 0.1) is 0 Å². The van der Waals surface area contributed by atoms with Gasteiger partial charge in [0.1, 0.15) is 5.54 Å². The van der Waals surface area contributed by atoms with Crippen LogP contribution < -0.4 is 11.1 Å². The fourth-order valence-electron chi connectivity index (χ4n) is 1.80. The first kappa shape index (κ1) is 14.1. The molecule has 17 heavy (non-hydrogen) atoms. The first-order valence-electron chi connectivity index (χ1n) is 5.62. The van der Waals surface area contributed by atoms with Crippen molar-refractivity contribution in [3.8, 4) is 0 Å². The summed E-state index contributed by atoms with van der Waals surface area (Å²) in [7, 11) is 0. The Hall–Kier alpha value is -1.00. The van der Waals surface area contributed by atoms with Gasteiger partial charge < -0.3 is 5.73 Å². The molecule has 1 rings (SSSR count). The van der Waals surface area contributed by atoms with Crippen LogP contribution in [0.4, 0.5) is 0 Å². The standard InChI is InChI=1S/C13H20N2OS/c1-9(2)15-13(3,12(14)16)10-5-7-11(17-4)8-6-10/h5-9,15H,1-4H3,(H2,14,16). The molecule has 0 saturated carbocycles. The average molecular weight is 252 g/mol. The topological polar surface area (TPSA) is 55.1 Å². The molecule has 3 nitrogen and oxygen atoms in total. The summed E-state index contributed by atoms with van der Waals surface area (Å²) in [5.41, 5.74) is 5.60. The van der Waals surface area contributed by atoms with Crippen LogP contribution in [0.3, 0.4) is 0 Å². The fraction of sp³-hybridized carbons (Fsp3) is 0.462. The van der Waals surface area contributed by atoms with E-state index < -0.39 is 5.54 Å². The molecule has 1 aromatic carbocycles. The Morgan fingerprint density at radius 1 is 1.35 bits per heavy atom. The zero-order valence-electron chi connectivity index (χ0n) is 10.8. The molecule has 0 spiro atoms. The van der Waals surface area contributed by atoms with Gasteiger partial charge in [-0.3, -0.25) is 10.1 Å². The minimum absolute atomic E-state index is 0.188. The third-order valence-corrected chi connectivity index (χ3v) is 3.48. The number of carbonyl (C=O) groups is 1. The van der Waals surface area contributed by atoms with E-state index in [1.54, 1.807) is 11.8 Å². The monoisotopic (exact) mass is 252 g/mol. The van der Waals surface area contributed by atoms with Crippen LogP contribution in [0.2, 0.25) is 0 Å². The van der Waals surface area contributed by atoms with E-state index in [9.17, 15) is 4.79 Å². The van der Waals surface area contributed by atoms with Crippen molar-refractivity contribution in [1.29, 1.82) is 0 Å². The molecule has 0 aromatic heterocycles. The third kappa shape index (κ3) is 3.23. The summed E-state index contributed by atoms with van der Waals surface area (Å²) in [4.78, 5) is 12.8. The van der Waals surface area contributed by atoms with E-state index in [4.69, 9.17) is 5.73 Å². The van der Waals surface area contributed by atoms with Crippen molar-refractivity contribution < 1.29 is 4.79 Å². The van der Waals surface area contributed by atoms with Gasteiger partial charge in [-0.2, -0.15) is 0 Å². The summed E-state index contributed by atoms with van der Waals surface area (Å²) in [6.45, 7) is 5.82. The number of amides is 1. The number of hydrogen-bond donors (Lipinski definition) is 2. The largest absolute Gasteiger partial charge is 0.368 e. The van der Waals surface area contributed by atoms with E-state index >= 15 is 0 Å². The molecular weight excluding hydrogens is 232 g/mol. The first-order chi connectivity index (χ1) is 7.90. The SMILES string of the molecule is CSc1ccc(C(C)(NC(C)C)C(N)=O)cc1. The Balaban J connectivity index is 3.09. The second-order valence-electron chi connectivity index (χ2n) is 4.52. The predicted octanol–water partition coefficient (Wildman–Crippen LogP) is 2.11. The van der Waals surface area contributed by atoms with Crippen molar-refractivity contribution in [2.75, 3.05) is 6.26 Å². The van der Waals surface area contributed by atoms with Gasteiger partial charge in [-0.25, -0.2) is 0 Å². The van der Waals surface area contributed by atoms with Crippen LogP contribution in [0.5, 0.6) is 0 Å². The molecular formula is C13H20N2OS. The van der Waals surface area contributed by atoms with Gasteiger partial charge >= 0.3 is 0 Å². The molecule has 1 aromatic rings. The highest BCUT2D eigenvalue weighted by atomic mass is 32.2. The Kier molecular flexibility index (Phi) is 4.60. The quantitative estimate of drug-likeness (QED) is 0.789. The maximum absolute atomic E-state index is 11.7. The number of hydrogen-bond acceptors (Lipinski definition) is 3. The van der Waals surface area contributed by atoms with Crippen molar-refractivity contribution in [2.45, 2.75) is 37.2 Å². The van der Waals surface area contributed by atoms with Crippen LogP contribution in [0.15, 0.2) is 29.2 Å². The lowest BCUT2D eigenvalue weighted by Gasteiger charge is -2.30. The second-order valence-corrected chi connectivity index (χ2v) is 5.40. The highest BCUT2D eigenvalue weighted by Crippen LogP contribution is 2.24. The van der Waals surface area contributed by atoms with Crippen LogP contribution in [-0.4, -0.2) is 18.2 Å². The summed E-state index contributed by atoms with van der Waals surface area (Å²) >= 11 is 1.67. The molecule has 0 fully saturated rings. The summed E-state index contributed by atoms with van der Waals surface area (Å²) in [6, 6.07) is 8.09. The predicted molar refractivity (Wildman–Crippen MR) is 73.0 cm³/mol. The van der Waals surface area contributed by atoms with E-state index in [-0.39, 0.29) is 11.9 Å². The van der Waals surface area contributed by atoms with Crippen molar-refractivity contribution in [2.24, 2.45) is 5.73 Å². The van der Waals surface area contributed by atoms with Gasteiger partial charge in [0.2, 0.25) is 5.91 Å². The number of nitrogens with two attached hydrogens (primary N) is 1. The van der Waals surface area contributed by atoms with Crippen molar-refractivity contribution >= 4 is 17.7 Å². The Morgan fingerprint density at radius 2 is 1.88 bits per heavy atom. The number of primary amides is 1. The van der Waals surface area contributed by atoms with Gasteiger partial charge in [-0.1, -0.05) is 12.1 Å². The number of rotatable bonds is 5. The minimum Gasteiger partial charge on any atom is -0.368 e. The summed E-state index contributed by atoms with van der Waals surface area (Å²) in [5, 5.41) is 3.23. The number of carbonyl (C=O) groups excluding carboxylic acids is 1. The third-order valence-electron chi connectivity index (χ3n) is 2.74. The van der Waals surface area contributed by atoms with E-state index in [0.29, 0.717) is 0 Å². The zero-order valence-corrected chi connectivity index (χ0v) is 11.6. The van der Waals surface area contributed by atoms with Crippen molar-refractivity contribution in [1.82, 2.24) is 5.32 Å².